The van der Waals surface area contributed by atoms with E-state index in [1.165, 1.54) is 22.0 Å². The summed E-state index contributed by atoms with van der Waals surface area (Å²) in [6.45, 7) is 2.27. The lowest BCUT2D eigenvalue weighted by Crippen LogP contribution is -2.48. The van der Waals surface area contributed by atoms with E-state index < -0.39 is 0 Å². The minimum atomic E-state index is 0.0623. The molecule has 5 nitrogen and oxygen atoms in total. The number of likely N-dealkylation sites (tertiary alicyclic amines) is 1. The fourth-order valence-corrected chi connectivity index (χ4v) is 4.47. The summed E-state index contributed by atoms with van der Waals surface area (Å²) in [6.07, 6.45) is 5.10. The standard InChI is InChI=1S/C25H32N4O/c1-28(2)21(16-19-8-4-3-5-9-19)17-27-25(30)29-14-12-20(13-15-29)23-18-26-24-11-7-6-10-22(23)24/h3-11,18,20-21,26H,12-17H2,1-2H3,(H,27,30). The number of fused-ring (bicyclic) bond motifs is 1. The number of hydrogen-bond acceptors (Lipinski definition) is 2. The van der Waals surface area contributed by atoms with Crippen LogP contribution >= 0.6 is 0 Å². The lowest BCUT2D eigenvalue weighted by molar-refractivity contribution is 0.177. The van der Waals surface area contributed by atoms with Crippen molar-refractivity contribution in [1.29, 1.82) is 0 Å². The summed E-state index contributed by atoms with van der Waals surface area (Å²) in [7, 11) is 4.15. The number of H-pyrrole nitrogens is 1. The van der Waals surface area contributed by atoms with E-state index >= 15 is 0 Å². The monoisotopic (exact) mass is 404 g/mol. The summed E-state index contributed by atoms with van der Waals surface area (Å²) in [5, 5.41) is 4.49. The van der Waals surface area contributed by atoms with E-state index in [1.807, 2.05) is 11.0 Å². The van der Waals surface area contributed by atoms with Crippen LogP contribution in [-0.2, 0) is 6.42 Å². The Bertz CT molecular complexity index is 957. The van der Waals surface area contributed by atoms with E-state index in [0.717, 1.165) is 32.4 Å². The third-order valence-electron chi connectivity index (χ3n) is 6.38. The molecule has 1 atom stereocenters. The SMILES string of the molecule is CN(C)C(CNC(=O)N1CCC(c2c[nH]c3ccccc23)CC1)Cc1ccccc1. The molecule has 0 radical (unpaired) electrons. The van der Waals surface area contributed by atoms with Gasteiger partial charge >= 0.3 is 6.03 Å². The third kappa shape index (κ3) is 4.68. The van der Waals surface area contributed by atoms with E-state index in [4.69, 9.17) is 0 Å². The zero-order chi connectivity index (χ0) is 20.9. The van der Waals surface area contributed by atoms with Crippen molar-refractivity contribution < 1.29 is 4.79 Å². The van der Waals surface area contributed by atoms with Crippen molar-refractivity contribution in [2.24, 2.45) is 0 Å². The molecule has 0 bridgehead atoms. The maximum atomic E-state index is 12.8. The van der Waals surface area contributed by atoms with E-state index in [-0.39, 0.29) is 12.1 Å². The Morgan fingerprint density at radius 3 is 2.53 bits per heavy atom. The van der Waals surface area contributed by atoms with Crippen LogP contribution in [0.25, 0.3) is 10.9 Å². The van der Waals surface area contributed by atoms with Crippen LogP contribution in [-0.4, -0.2) is 60.6 Å². The lowest BCUT2D eigenvalue weighted by atomic mass is 9.89. The number of carbonyl (C=O) groups is 1. The number of likely N-dealkylation sites (N-methyl/N-ethyl adjacent to an activating group) is 1. The predicted octanol–water partition coefficient (Wildman–Crippen LogP) is 4.23. The van der Waals surface area contributed by atoms with E-state index in [2.05, 4.69) is 84.0 Å². The van der Waals surface area contributed by atoms with Crippen LogP contribution in [0.5, 0.6) is 0 Å². The molecule has 0 aliphatic carbocycles. The van der Waals surface area contributed by atoms with E-state index in [0.29, 0.717) is 12.5 Å². The van der Waals surface area contributed by atoms with Crippen LogP contribution in [0.3, 0.4) is 0 Å². The Morgan fingerprint density at radius 1 is 1.10 bits per heavy atom. The van der Waals surface area contributed by atoms with Crippen LogP contribution in [0.2, 0.25) is 0 Å². The number of benzene rings is 2. The van der Waals surface area contributed by atoms with Crippen molar-refractivity contribution in [1.82, 2.24) is 20.1 Å². The Balaban J connectivity index is 1.29. The molecule has 1 saturated heterocycles. The van der Waals surface area contributed by atoms with Crippen molar-refractivity contribution in [2.75, 3.05) is 33.7 Å². The molecular formula is C25H32N4O. The molecule has 2 aromatic carbocycles. The normalized spacial score (nSPS) is 16.2. The van der Waals surface area contributed by atoms with Crippen LogP contribution in [0.1, 0.15) is 29.9 Å². The number of nitrogens with zero attached hydrogens (tertiary/aromatic N) is 2. The van der Waals surface area contributed by atoms with Gasteiger partial charge in [0.15, 0.2) is 0 Å². The van der Waals surface area contributed by atoms with Gasteiger partial charge in [0.2, 0.25) is 0 Å². The van der Waals surface area contributed by atoms with Gasteiger partial charge in [-0.15, -0.1) is 0 Å². The van der Waals surface area contributed by atoms with E-state index in [1.54, 1.807) is 0 Å². The number of para-hydroxylation sites is 1. The van der Waals surface area contributed by atoms with Crippen LogP contribution < -0.4 is 5.32 Å². The summed E-state index contributed by atoms with van der Waals surface area (Å²) < 4.78 is 0. The van der Waals surface area contributed by atoms with Gasteiger partial charge in [0.05, 0.1) is 0 Å². The lowest BCUT2D eigenvalue weighted by Gasteiger charge is -2.33. The minimum absolute atomic E-state index is 0.0623. The highest BCUT2D eigenvalue weighted by Gasteiger charge is 2.26. The maximum absolute atomic E-state index is 12.8. The second-order valence-electron chi connectivity index (χ2n) is 8.54. The largest absolute Gasteiger partial charge is 0.361 e. The third-order valence-corrected chi connectivity index (χ3v) is 6.38. The van der Waals surface area contributed by atoms with Gasteiger partial charge < -0.3 is 20.1 Å². The molecule has 158 valence electrons. The van der Waals surface area contributed by atoms with Crippen LogP contribution in [0.15, 0.2) is 60.8 Å². The van der Waals surface area contributed by atoms with Gasteiger partial charge in [-0.25, -0.2) is 4.79 Å². The van der Waals surface area contributed by atoms with Gasteiger partial charge in [-0.3, -0.25) is 0 Å². The van der Waals surface area contributed by atoms with Crippen molar-refractivity contribution in [3.63, 3.8) is 0 Å². The number of rotatable bonds is 6. The van der Waals surface area contributed by atoms with Gasteiger partial charge in [0.1, 0.15) is 0 Å². The first kappa shape index (κ1) is 20.5. The molecule has 1 aliphatic heterocycles. The number of aromatic nitrogens is 1. The van der Waals surface area contributed by atoms with E-state index in [9.17, 15) is 4.79 Å². The zero-order valence-corrected chi connectivity index (χ0v) is 18.0. The molecule has 0 spiro atoms. The number of nitrogens with one attached hydrogen (secondary N) is 2. The highest BCUT2D eigenvalue weighted by Crippen LogP contribution is 2.33. The van der Waals surface area contributed by atoms with Crippen LogP contribution in [0, 0.1) is 0 Å². The summed E-state index contributed by atoms with van der Waals surface area (Å²) in [5.41, 5.74) is 3.88. The average Bonchev–Trinajstić information content (AvgIpc) is 3.21. The van der Waals surface area contributed by atoms with Crippen molar-refractivity contribution >= 4 is 16.9 Å². The second kappa shape index (κ2) is 9.35. The Kier molecular flexibility index (Phi) is 6.38. The van der Waals surface area contributed by atoms with Crippen molar-refractivity contribution in [3.05, 3.63) is 71.9 Å². The minimum Gasteiger partial charge on any atom is -0.361 e. The summed E-state index contributed by atoms with van der Waals surface area (Å²) in [4.78, 5) is 20.3. The average molecular weight is 405 g/mol. The molecule has 0 saturated carbocycles. The highest BCUT2D eigenvalue weighted by atomic mass is 16.2. The molecule has 30 heavy (non-hydrogen) atoms. The summed E-state index contributed by atoms with van der Waals surface area (Å²) >= 11 is 0. The van der Waals surface area contributed by atoms with Gasteiger partial charge in [-0.2, -0.15) is 0 Å². The first-order chi connectivity index (χ1) is 14.6. The first-order valence-corrected chi connectivity index (χ1v) is 10.9. The molecule has 1 fully saturated rings. The number of amides is 2. The summed E-state index contributed by atoms with van der Waals surface area (Å²) in [6, 6.07) is 19.3. The number of piperidine rings is 1. The second-order valence-corrected chi connectivity index (χ2v) is 8.54. The fourth-order valence-electron chi connectivity index (χ4n) is 4.47. The molecule has 1 aliphatic rings. The Hall–Kier alpha value is -2.79. The number of carbonyl (C=O) groups excluding carboxylic acids is 1. The number of urea groups is 1. The van der Waals surface area contributed by atoms with Crippen molar-refractivity contribution in [3.8, 4) is 0 Å². The molecule has 2 heterocycles. The molecule has 1 unspecified atom stereocenters. The summed E-state index contributed by atoms with van der Waals surface area (Å²) in [5.74, 6) is 0.512. The molecule has 2 N–H and O–H groups in total. The molecule has 5 heteroatoms. The van der Waals surface area contributed by atoms with Crippen LogP contribution in [0.4, 0.5) is 4.79 Å². The Labute approximate surface area is 179 Å². The fraction of sp³-hybridized carbons (Fsp3) is 0.400. The molecular weight excluding hydrogens is 372 g/mol. The molecule has 4 rings (SSSR count). The number of hydrogen-bond donors (Lipinski definition) is 2. The maximum Gasteiger partial charge on any atom is 0.317 e. The molecule has 3 aromatic rings. The Morgan fingerprint density at radius 2 is 1.80 bits per heavy atom. The van der Waals surface area contributed by atoms with Gasteiger partial charge in [-0.05, 0) is 56.5 Å². The smallest absolute Gasteiger partial charge is 0.317 e. The van der Waals surface area contributed by atoms with Gasteiger partial charge in [0, 0.05) is 42.8 Å². The zero-order valence-electron chi connectivity index (χ0n) is 18.0. The first-order valence-electron chi connectivity index (χ1n) is 10.9. The quantitative estimate of drug-likeness (QED) is 0.646. The van der Waals surface area contributed by atoms with Crippen molar-refractivity contribution in [2.45, 2.75) is 31.2 Å². The topological polar surface area (TPSA) is 51.4 Å². The van der Waals surface area contributed by atoms with Gasteiger partial charge in [-0.1, -0.05) is 48.5 Å². The van der Waals surface area contributed by atoms with Gasteiger partial charge in [0.25, 0.3) is 0 Å². The highest BCUT2D eigenvalue weighted by molar-refractivity contribution is 5.83. The molecule has 1 aromatic heterocycles. The number of aromatic amines is 1. The predicted molar refractivity (Wildman–Crippen MR) is 123 cm³/mol. The molecule has 2 amide bonds.